The highest BCUT2D eigenvalue weighted by Gasteiger charge is 2.54. The van der Waals surface area contributed by atoms with Crippen molar-refractivity contribution in [1.29, 1.82) is 0 Å². The number of thioether (sulfide) groups is 1. The fraction of sp³-hybridized carbons (Fsp3) is 0.500. The minimum atomic E-state index is -1.31. The Bertz CT molecular complexity index is 1080. The summed E-state index contributed by atoms with van der Waals surface area (Å²) in [5.74, 6) is -2.90. The van der Waals surface area contributed by atoms with Crippen LogP contribution in [0.2, 0.25) is 0 Å². The molecule has 1 saturated carbocycles. The number of nitrogens with two attached hydrogens (primary N) is 1. The van der Waals surface area contributed by atoms with Gasteiger partial charge in [0.25, 0.3) is 11.8 Å². The van der Waals surface area contributed by atoms with Gasteiger partial charge in [-0.3, -0.25) is 19.3 Å². The molecule has 0 unspecified atom stereocenters. The average Bonchev–Trinajstić information content (AvgIpc) is 3.47. The third kappa shape index (κ3) is 4.87. The highest BCUT2D eigenvalue weighted by Crippen LogP contribution is 2.40. The zero-order valence-electron chi connectivity index (χ0n) is 18.2. The number of thiazole rings is 1. The molecule has 0 radical (unpaired) electrons. The molecule has 2 amide bonds. The predicted octanol–water partition coefficient (Wildman–Crippen LogP) is 0.690. The molecule has 182 valence electrons. The monoisotopic (exact) mass is 509 g/mol. The quantitative estimate of drug-likeness (QED) is 0.196. The highest BCUT2D eigenvalue weighted by atomic mass is 32.2. The van der Waals surface area contributed by atoms with Crippen LogP contribution in [0.15, 0.2) is 21.8 Å². The number of anilines is 1. The summed E-state index contributed by atoms with van der Waals surface area (Å²) in [6, 6.07) is -0.963. The van der Waals surface area contributed by atoms with E-state index in [4.69, 9.17) is 15.3 Å². The molecule has 34 heavy (non-hydrogen) atoms. The zero-order valence-corrected chi connectivity index (χ0v) is 19.8. The maximum atomic E-state index is 13.1. The Kier molecular flexibility index (Phi) is 7.07. The van der Waals surface area contributed by atoms with E-state index in [1.807, 2.05) is 0 Å². The number of carbonyl (C=O) groups excluding carboxylic acids is 3. The molecule has 1 aromatic heterocycles. The molecule has 2 aliphatic heterocycles. The molecular weight excluding hydrogens is 486 g/mol. The number of oxime groups is 1. The summed E-state index contributed by atoms with van der Waals surface area (Å²) in [6.45, 7) is 0.990. The van der Waals surface area contributed by atoms with Gasteiger partial charge in [0, 0.05) is 23.6 Å². The molecule has 12 nitrogen and oxygen atoms in total. The van der Waals surface area contributed by atoms with Crippen LogP contribution >= 0.6 is 23.1 Å². The minimum Gasteiger partial charge on any atom is -0.477 e. The lowest BCUT2D eigenvalue weighted by molar-refractivity contribution is -0.150. The summed E-state index contributed by atoms with van der Waals surface area (Å²) in [7, 11) is 0. The van der Waals surface area contributed by atoms with Crippen molar-refractivity contribution >= 4 is 57.7 Å². The number of nitrogen functional groups attached to an aromatic ring is 1. The Morgan fingerprint density at radius 1 is 1.35 bits per heavy atom. The Labute approximate surface area is 202 Å². The van der Waals surface area contributed by atoms with Gasteiger partial charge in [0.2, 0.25) is 0 Å². The molecule has 3 heterocycles. The fourth-order valence-corrected chi connectivity index (χ4v) is 5.79. The molecule has 4 N–H and O–H groups in total. The molecule has 2 atom stereocenters. The number of rotatable bonds is 8. The second-order valence-electron chi connectivity index (χ2n) is 7.92. The number of nitrogens with zero attached hydrogens (tertiary/aromatic N) is 3. The number of esters is 1. The number of amides is 2. The van der Waals surface area contributed by atoms with E-state index in [2.05, 4.69) is 15.5 Å². The average molecular weight is 510 g/mol. The van der Waals surface area contributed by atoms with Gasteiger partial charge in [-0.2, -0.15) is 0 Å². The molecule has 2 fully saturated rings. The zero-order chi connectivity index (χ0) is 24.4. The Hall–Kier alpha value is -3.13. The topological polar surface area (TPSA) is 174 Å². The van der Waals surface area contributed by atoms with E-state index >= 15 is 0 Å². The van der Waals surface area contributed by atoms with Crippen molar-refractivity contribution in [2.75, 3.05) is 18.1 Å². The summed E-state index contributed by atoms with van der Waals surface area (Å²) in [5, 5.41) is 17.5. The Balaban J connectivity index is 1.50. The van der Waals surface area contributed by atoms with E-state index < -0.39 is 35.2 Å². The van der Waals surface area contributed by atoms with E-state index in [1.165, 1.54) is 18.7 Å². The molecular formula is C20H23N5O7S2. The lowest BCUT2D eigenvalue weighted by Gasteiger charge is -2.49. The highest BCUT2D eigenvalue weighted by molar-refractivity contribution is 8.00. The van der Waals surface area contributed by atoms with Crippen molar-refractivity contribution in [3.63, 3.8) is 0 Å². The molecule has 1 aromatic rings. The summed E-state index contributed by atoms with van der Waals surface area (Å²) in [5.41, 5.74) is 5.92. The van der Waals surface area contributed by atoms with Gasteiger partial charge in [0.1, 0.15) is 35.5 Å². The predicted molar refractivity (Wildman–Crippen MR) is 123 cm³/mol. The number of fused-ring (bicyclic) bond motifs is 1. The summed E-state index contributed by atoms with van der Waals surface area (Å²) in [6.07, 6.45) is 3.64. The van der Waals surface area contributed by atoms with Crippen molar-refractivity contribution in [3.05, 3.63) is 22.3 Å². The van der Waals surface area contributed by atoms with Gasteiger partial charge in [0.15, 0.2) is 10.8 Å². The summed E-state index contributed by atoms with van der Waals surface area (Å²) >= 11 is 2.41. The van der Waals surface area contributed by atoms with E-state index in [-0.39, 0.29) is 40.7 Å². The van der Waals surface area contributed by atoms with E-state index in [9.17, 15) is 24.3 Å². The molecule has 0 bridgehead atoms. The standard InChI is InChI=1S/C20H23N5O7S2/c1-9(26)31-6-10-7-33-18-14(17(28)25(18)15(10)19(29)30)23-16(27)13(12-8-34-20(21)22-12)24-32-11-4-2-3-5-11/h8,11,14,18H,2-7H2,1H3,(H2,21,22)(H,23,27)(H,29,30)/b24-13-/t14-,18-/m1/s1. The van der Waals surface area contributed by atoms with Gasteiger partial charge in [-0.1, -0.05) is 5.16 Å². The first-order valence-electron chi connectivity index (χ1n) is 10.6. The van der Waals surface area contributed by atoms with Crippen molar-refractivity contribution in [2.24, 2.45) is 5.16 Å². The van der Waals surface area contributed by atoms with Crippen LogP contribution in [-0.4, -0.2) is 74.3 Å². The van der Waals surface area contributed by atoms with Crippen LogP contribution < -0.4 is 11.1 Å². The number of carboxylic acid groups (broad SMARTS) is 1. The molecule has 1 saturated heterocycles. The number of carbonyl (C=O) groups is 4. The summed E-state index contributed by atoms with van der Waals surface area (Å²) < 4.78 is 4.92. The second-order valence-corrected chi connectivity index (χ2v) is 9.92. The minimum absolute atomic E-state index is 0.0904. The van der Waals surface area contributed by atoms with E-state index in [1.54, 1.807) is 5.38 Å². The largest absolute Gasteiger partial charge is 0.477 e. The van der Waals surface area contributed by atoms with Gasteiger partial charge in [0.05, 0.1) is 0 Å². The van der Waals surface area contributed by atoms with Crippen molar-refractivity contribution in [2.45, 2.75) is 50.1 Å². The number of hydrogen-bond donors (Lipinski definition) is 3. The van der Waals surface area contributed by atoms with E-state index in [0.29, 0.717) is 5.57 Å². The van der Waals surface area contributed by atoms with Crippen LogP contribution in [0.25, 0.3) is 0 Å². The third-order valence-electron chi connectivity index (χ3n) is 5.56. The number of hydrogen-bond acceptors (Lipinski definition) is 11. The summed E-state index contributed by atoms with van der Waals surface area (Å²) in [4.78, 5) is 59.6. The van der Waals surface area contributed by atoms with Gasteiger partial charge in [-0.15, -0.1) is 23.1 Å². The van der Waals surface area contributed by atoms with Crippen LogP contribution in [0.1, 0.15) is 38.3 Å². The van der Waals surface area contributed by atoms with E-state index in [0.717, 1.165) is 41.9 Å². The normalized spacial score (nSPS) is 22.8. The lowest BCUT2D eigenvalue weighted by Crippen LogP contribution is -2.71. The molecule has 14 heteroatoms. The third-order valence-corrected chi connectivity index (χ3v) is 7.57. The lowest BCUT2D eigenvalue weighted by atomic mass is 10.0. The van der Waals surface area contributed by atoms with Crippen LogP contribution in [0.3, 0.4) is 0 Å². The number of β-lactam (4-membered cyclic amide) rings is 1. The fourth-order valence-electron chi connectivity index (χ4n) is 3.91. The van der Waals surface area contributed by atoms with Gasteiger partial charge >= 0.3 is 11.9 Å². The Morgan fingerprint density at radius 2 is 2.09 bits per heavy atom. The second kappa shape index (κ2) is 10.0. The first-order valence-corrected chi connectivity index (χ1v) is 12.5. The smallest absolute Gasteiger partial charge is 0.352 e. The van der Waals surface area contributed by atoms with Gasteiger partial charge in [-0.25, -0.2) is 9.78 Å². The van der Waals surface area contributed by atoms with Crippen LogP contribution in [0.4, 0.5) is 5.13 Å². The van der Waals surface area contributed by atoms with Crippen LogP contribution in [0, 0.1) is 0 Å². The first-order chi connectivity index (χ1) is 16.3. The van der Waals surface area contributed by atoms with Crippen LogP contribution in [0.5, 0.6) is 0 Å². The number of carboxylic acids is 1. The van der Waals surface area contributed by atoms with Crippen molar-refractivity contribution in [3.8, 4) is 0 Å². The molecule has 3 aliphatic rings. The van der Waals surface area contributed by atoms with Crippen LogP contribution in [-0.2, 0) is 28.8 Å². The van der Waals surface area contributed by atoms with Crippen molar-refractivity contribution < 1.29 is 33.9 Å². The molecule has 0 spiro atoms. The maximum absolute atomic E-state index is 13.1. The number of aromatic nitrogens is 1. The molecule has 4 rings (SSSR count). The maximum Gasteiger partial charge on any atom is 0.352 e. The molecule has 0 aromatic carbocycles. The first kappa shape index (κ1) is 24.0. The number of ether oxygens (including phenoxy) is 1. The number of aliphatic carboxylic acids is 1. The molecule has 1 aliphatic carbocycles. The number of nitrogens with one attached hydrogen (secondary N) is 1. The van der Waals surface area contributed by atoms with Gasteiger partial charge in [-0.05, 0) is 25.7 Å². The SMILES string of the molecule is CC(=O)OCC1=C(C(=O)O)N2C(=O)[C@@H](NC(=O)/C(=N\OC3CCCC3)c3csc(N)n3)[C@H]2SC1. The Morgan fingerprint density at radius 3 is 2.71 bits per heavy atom. The van der Waals surface area contributed by atoms with Crippen molar-refractivity contribution in [1.82, 2.24) is 15.2 Å². The van der Waals surface area contributed by atoms with Gasteiger partial charge < -0.3 is 25.7 Å².